The Kier molecular flexibility index (Phi) is 6.28. The Balaban J connectivity index is 1.80. The van der Waals surface area contributed by atoms with Crippen molar-refractivity contribution < 1.29 is 14.6 Å². The van der Waals surface area contributed by atoms with E-state index in [1.165, 1.54) is 31.4 Å². The van der Waals surface area contributed by atoms with Gasteiger partial charge in [0, 0.05) is 19.2 Å². The topological polar surface area (TPSA) is 108 Å². The number of nitro benzene ring substituents is 2. The van der Waals surface area contributed by atoms with Crippen LogP contribution in [0.4, 0.5) is 17.1 Å². The van der Waals surface area contributed by atoms with Crippen molar-refractivity contribution in [2.75, 3.05) is 18.5 Å². The van der Waals surface area contributed by atoms with Gasteiger partial charge in [0.05, 0.1) is 22.0 Å². The average molecular weight is 323 g/mol. The number of benzene rings is 1. The molecule has 0 spiro atoms. The zero-order valence-corrected chi connectivity index (χ0v) is 12.9. The minimum atomic E-state index is -0.644. The first kappa shape index (κ1) is 17.1. The Bertz CT molecular complexity index is 558. The van der Waals surface area contributed by atoms with Gasteiger partial charge in [-0.2, -0.15) is 0 Å². The summed E-state index contributed by atoms with van der Waals surface area (Å²) < 4.78 is 5.79. The van der Waals surface area contributed by atoms with Gasteiger partial charge in [0.1, 0.15) is 5.69 Å². The molecule has 1 N–H and O–H groups in total. The normalized spacial score (nSPS) is 15.3. The highest BCUT2D eigenvalue weighted by atomic mass is 16.6. The molecule has 8 nitrogen and oxygen atoms in total. The van der Waals surface area contributed by atoms with Crippen LogP contribution in [0.25, 0.3) is 0 Å². The number of hydrogen-bond donors (Lipinski definition) is 1. The molecule has 0 heterocycles. The van der Waals surface area contributed by atoms with Gasteiger partial charge < -0.3 is 10.1 Å². The molecule has 0 amide bonds. The molecule has 23 heavy (non-hydrogen) atoms. The van der Waals surface area contributed by atoms with Crippen LogP contribution in [0.3, 0.4) is 0 Å². The number of hydrogen-bond acceptors (Lipinski definition) is 6. The summed E-state index contributed by atoms with van der Waals surface area (Å²) in [4.78, 5) is 20.4. The van der Waals surface area contributed by atoms with Crippen LogP contribution in [0.5, 0.6) is 0 Å². The SMILES string of the molecule is O=[N+]([O-])c1ccc(NCCCOC2CCCCC2)c([N+](=O)[O-])c1. The van der Waals surface area contributed by atoms with Crippen molar-refractivity contribution in [1.82, 2.24) is 0 Å². The fraction of sp³-hybridized carbons (Fsp3) is 0.600. The molecule has 1 fully saturated rings. The summed E-state index contributed by atoms with van der Waals surface area (Å²) in [6.07, 6.45) is 7.02. The summed E-state index contributed by atoms with van der Waals surface area (Å²) in [7, 11) is 0. The second kappa shape index (κ2) is 8.42. The van der Waals surface area contributed by atoms with Gasteiger partial charge in [-0.3, -0.25) is 20.2 Å². The Hall–Kier alpha value is -2.22. The van der Waals surface area contributed by atoms with Crippen molar-refractivity contribution >= 4 is 17.1 Å². The van der Waals surface area contributed by atoms with Crippen LogP contribution in [0.2, 0.25) is 0 Å². The molecular weight excluding hydrogens is 302 g/mol. The molecule has 0 bridgehead atoms. The van der Waals surface area contributed by atoms with Crippen LogP contribution in [0, 0.1) is 20.2 Å². The molecule has 1 saturated carbocycles. The highest BCUT2D eigenvalue weighted by molar-refractivity contribution is 5.65. The lowest BCUT2D eigenvalue weighted by atomic mass is 9.98. The molecule has 0 aliphatic heterocycles. The summed E-state index contributed by atoms with van der Waals surface area (Å²) in [5.74, 6) is 0. The smallest absolute Gasteiger partial charge is 0.299 e. The fourth-order valence-corrected chi connectivity index (χ4v) is 2.71. The molecule has 0 unspecified atom stereocenters. The van der Waals surface area contributed by atoms with Gasteiger partial charge in [0.25, 0.3) is 11.4 Å². The lowest BCUT2D eigenvalue weighted by Crippen LogP contribution is -2.18. The molecule has 0 radical (unpaired) electrons. The predicted octanol–water partition coefficient (Wildman–Crippen LogP) is 3.65. The Morgan fingerprint density at radius 3 is 2.52 bits per heavy atom. The van der Waals surface area contributed by atoms with Crippen LogP contribution in [0.1, 0.15) is 38.5 Å². The molecular formula is C15H21N3O5. The molecule has 0 saturated heterocycles. The van der Waals surface area contributed by atoms with Gasteiger partial charge in [-0.25, -0.2) is 0 Å². The lowest BCUT2D eigenvalue weighted by Gasteiger charge is -2.21. The molecule has 0 atom stereocenters. The summed E-state index contributed by atoms with van der Waals surface area (Å²) in [6.45, 7) is 1.13. The highest BCUT2D eigenvalue weighted by Gasteiger charge is 2.19. The summed E-state index contributed by atoms with van der Waals surface area (Å²) in [5.41, 5.74) is -0.284. The zero-order chi connectivity index (χ0) is 16.7. The number of anilines is 1. The number of rotatable bonds is 8. The molecule has 1 aliphatic rings. The molecule has 1 aromatic carbocycles. The Morgan fingerprint density at radius 2 is 1.87 bits per heavy atom. The minimum absolute atomic E-state index is 0.285. The zero-order valence-electron chi connectivity index (χ0n) is 12.9. The van der Waals surface area contributed by atoms with Crippen molar-refractivity contribution in [3.63, 3.8) is 0 Å². The van der Waals surface area contributed by atoms with Crippen LogP contribution in [-0.4, -0.2) is 29.1 Å². The quantitative estimate of drug-likeness (QED) is 0.444. The first-order valence-electron chi connectivity index (χ1n) is 7.86. The van der Waals surface area contributed by atoms with E-state index in [1.807, 2.05) is 0 Å². The molecule has 1 aromatic rings. The van der Waals surface area contributed by atoms with E-state index < -0.39 is 9.85 Å². The van der Waals surface area contributed by atoms with Gasteiger partial charge in [-0.05, 0) is 25.3 Å². The van der Waals surface area contributed by atoms with E-state index in [1.54, 1.807) is 0 Å². The highest BCUT2D eigenvalue weighted by Crippen LogP contribution is 2.28. The van der Waals surface area contributed by atoms with E-state index in [4.69, 9.17) is 4.74 Å². The second-order valence-electron chi connectivity index (χ2n) is 5.63. The molecule has 2 rings (SSSR count). The van der Waals surface area contributed by atoms with E-state index in [-0.39, 0.29) is 11.4 Å². The molecule has 0 aromatic heterocycles. The third-order valence-corrected chi connectivity index (χ3v) is 3.93. The van der Waals surface area contributed by atoms with Crippen LogP contribution >= 0.6 is 0 Å². The minimum Gasteiger partial charge on any atom is -0.379 e. The van der Waals surface area contributed by atoms with Crippen molar-refractivity contribution in [3.8, 4) is 0 Å². The Morgan fingerprint density at radius 1 is 1.13 bits per heavy atom. The van der Waals surface area contributed by atoms with Crippen molar-refractivity contribution in [3.05, 3.63) is 38.4 Å². The van der Waals surface area contributed by atoms with Gasteiger partial charge in [0.2, 0.25) is 0 Å². The first-order valence-corrected chi connectivity index (χ1v) is 7.86. The lowest BCUT2D eigenvalue weighted by molar-refractivity contribution is -0.393. The van der Waals surface area contributed by atoms with Crippen LogP contribution < -0.4 is 5.32 Å². The van der Waals surface area contributed by atoms with Crippen molar-refractivity contribution in [2.45, 2.75) is 44.6 Å². The maximum absolute atomic E-state index is 11.0. The summed E-state index contributed by atoms with van der Waals surface area (Å²) >= 11 is 0. The number of nitro groups is 2. The average Bonchev–Trinajstić information content (AvgIpc) is 2.55. The van der Waals surface area contributed by atoms with E-state index in [2.05, 4.69) is 5.32 Å². The van der Waals surface area contributed by atoms with Crippen LogP contribution in [0.15, 0.2) is 18.2 Å². The monoisotopic (exact) mass is 323 g/mol. The largest absolute Gasteiger partial charge is 0.379 e. The van der Waals surface area contributed by atoms with E-state index >= 15 is 0 Å². The molecule has 8 heteroatoms. The van der Waals surface area contributed by atoms with Gasteiger partial charge in [-0.1, -0.05) is 19.3 Å². The van der Waals surface area contributed by atoms with Gasteiger partial charge in [0.15, 0.2) is 0 Å². The predicted molar refractivity (Wildman–Crippen MR) is 85.7 cm³/mol. The summed E-state index contributed by atoms with van der Waals surface area (Å²) in [6, 6.07) is 3.60. The van der Waals surface area contributed by atoms with E-state index in [0.29, 0.717) is 24.9 Å². The maximum Gasteiger partial charge on any atom is 0.299 e. The number of nitrogens with zero attached hydrogens (tertiary/aromatic N) is 2. The number of nitrogens with one attached hydrogen (secondary N) is 1. The Labute approximate surface area is 134 Å². The van der Waals surface area contributed by atoms with E-state index in [0.717, 1.165) is 25.3 Å². The third kappa shape index (κ3) is 5.17. The first-order chi connectivity index (χ1) is 11.1. The number of ether oxygens (including phenoxy) is 1. The second-order valence-corrected chi connectivity index (χ2v) is 5.63. The van der Waals surface area contributed by atoms with Gasteiger partial charge in [-0.15, -0.1) is 0 Å². The van der Waals surface area contributed by atoms with Crippen molar-refractivity contribution in [1.29, 1.82) is 0 Å². The molecule has 126 valence electrons. The third-order valence-electron chi connectivity index (χ3n) is 3.93. The van der Waals surface area contributed by atoms with Gasteiger partial charge >= 0.3 is 0 Å². The summed E-state index contributed by atoms with van der Waals surface area (Å²) in [5, 5.41) is 24.6. The van der Waals surface area contributed by atoms with E-state index in [9.17, 15) is 20.2 Å². The molecule has 1 aliphatic carbocycles. The fourth-order valence-electron chi connectivity index (χ4n) is 2.71. The van der Waals surface area contributed by atoms with Crippen LogP contribution in [-0.2, 0) is 4.74 Å². The number of non-ortho nitro benzene ring substituents is 1. The maximum atomic E-state index is 11.0. The standard InChI is InChI=1S/C15H21N3O5/c19-17(20)12-7-8-14(15(11-12)18(21)22)16-9-4-10-23-13-5-2-1-3-6-13/h7-8,11,13,16H,1-6,9-10H2. The van der Waals surface area contributed by atoms with Crippen molar-refractivity contribution in [2.24, 2.45) is 0 Å².